The first-order chi connectivity index (χ1) is 15.8. The van der Waals surface area contributed by atoms with E-state index in [2.05, 4.69) is 4.99 Å². The molecule has 0 fully saturated rings. The molecule has 1 atom stereocenters. The fourth-order valence-electron chi connectivity index (χ4n) is 3.65. The lowest BCUT2D eigenvalue weighted by Crippen LogP contribution is -2.39. The van der Waals surface area contributed by atoms with Gasteiger partial charge in [0.05, 0.1) is 28.5 Å². The molecule has 3 aromatic rings. The number of hydrogen-bond donors (Lipinski definition) is 0. The van der Waals surface area contributed by atoms with E-state index in [4.69, 9.17) is 27.9 Å². The van der Waals surface area contributed by atoms with E-state index in [1.54, 1.807) is 54.5 Å². The third kappa shape index (κ3) is 4.68. The number of rotatable bonds is 5. The predicted octanol–water partition coefficient (Wildman–Crippen LogP) is 4.83. The van der Waals surface area contributed by atoms with Crippen molar-refractivity contribution in [2.45, 2.75) is 24.8 Å². The van der Waals surface area contributed by atoms with Crippen LogP contribution in [0.5, 0.6) is 0 Å². The van der Waals surface area contributed by atoms with E-state index in [0.29, 0.717) is 36.2 Å². The number of carbonyl (C=O) groups is 1. The van der Waals surface area contributed by atoms with E-state index >= 15 is 0 Å². The summed E-state index contributed by atoms with van der Waals surface area (Å²) in [6.45, 7) is 3.75. The summed E-state index contributed by atoms with van der Waals surface area (Å²) >= 11 is 15.2. The van der Waals surface area contributed by atoms with E-state index in [9.17, 15) is 9.59 Å². The molecule has 2 heterocycles. The van der Waals surface area contributed by atoms with Crippen molar-refractivity contribution in [3.8, 4) is 0 Å². The average molecular weight is 519 g/mol. The number of fused-ring (bicyclic) bond motifs is 1. The summed E-state index contributed by atoms with van der Waals surface area (Å²) in [7, 11) is 0. The molecule has 0 bridgehead atoms. The van der Waals surface area contributed by atoms with Crippen LogP contribution in [0.4, 0.5) is 0 Å². The van der Waals surface area contributed by atoms with Gasteiger partial charge in [-0.25, -0.2) is 9.79 Å². The van der Waals surface area contributed by atoms with Crippen molar-refractivity contribution >= 4 is 58.3 Å². The average Bonchev–Trinajstić information content (AvgIpc) is 3.09. The Morgan fingerprint density at radius 2 is 1.97 bits per heavy atom. The number of thioether (sulfide) groups is 1. The Balaban J connectivity index is 1.95. The molecule has 0 saturated heterocycles. The molecule has 0 saturated carbocycles. The van der Waals surface area contributed by atoms with Crippen LogP contribution < -0.4 is 14.9 Å². The number of hydrogen-bond acceptors (Lipinski definition) is 6. The van der Waals surface area contributed by atoms with E-state index in [-0.39, 0.29) is 12.2 Å². The normalized spacial score (nSPS) is 15.9. The molecule has 9 heteroatoms. The summed E-state index contributed by atoms with van der Waals surface area (Å²) in [5, 5.41) is 0.961. The number of ether oxygens (including phenoxy) is 1. The van der Waals surface area contributed by atoms with Gasteiger partial charge < -0.3 is 4.74 Å². The van der Waals surface area contributed by atoms with Crippen molar-refractivity contribution in [3.05, 3.63) is 94.6 Å². The van der Waals surface area contributed by atoms with E-state index in [0.717, 1.165) is 10.5 Å². The van der Waals surface area contributed by atoms with Crippen LogP contribution in [0.1, 0.15) is 31.0 Å². The first kappa shape index (κ1) is 23.8. The number of esters is 1. The highest BCUT2D eigenvalue weighted by Gasteiger charge is 2.33. The third-order valence-electron chi connectivity index (χ3n) is 5.20. The largest absolute Gasteiger partial charge is 0.463 e. The second-order valence-electron chi connectivity index (χ2n) is 7.24. The monoisotopic (exact) mass is 518 g/mol. The van der Waals surface area contributed by atoms with Gasteiger partial charge in [-0.2, -0.15) is 0 Å². The quantitative estimate of drug-likeness (QED) is 0.358. The van der Waals surface area contributed by atoms with Gasteiger partial charge in [0, 0.05) is 14.9 Å². The van der Waals surface area contributed by atoms with Crippen molar-refractivity contribution in [1.29, 1.82) is 0 Å². The van der Waals surface area contributed by atoms with Gasteiger partial charge in [0.15, 0.2) is 4.80 Å². The Hall–Kier alpha value is -2.32. The summed E-state index contributed by atoms with van der Waals surface area (Å²) in [5.41, 5.74) is 2.12. The van der Waals surface area contributed by atoms with Crippen LogP contribution >= 0.6 is 46.3 Å². The van der Waals surface area contributed by atoms with Crippen molar-refractivity contribution in [2.24, 2.45) is 4.99 Å². The number of allylic oxidation sites excluding steroid dienone is 1. The van der Waals surface area contributed by atoms with Crippen LogP contribution in [0.25, 0.3) is 6.08 Å². The van der Waals surface area contributed by atoms with Crippen molar-refractivity contribution in [2.75, 3.05) is 12.9 Å². The Kier molecular flexibility index (Phi) is 7.14. The van der Waals surface area contributed by atoms with Crippen LogP contribution in [0.3, 0.4) is 0 Å². The summed E-state index contributed by atoms with van der Waals surface area (Å²) in [5.74, 6) is -0.479. The number of nitrogens with zero attached hydrogens (tertiary/aromatic N) is 2. The first-order valence-corrected chi connectivity index (χ1v) is 12.9. The van der Waals surface area contributed by atoms with Crippen molar-refractivity contribution in [3.63, 3.8) is 0 Å². The zero-order valence-electron chi connectivity index (χ0n) is 18.1. The maximum Gasteiger partial charge on any atom is 0.338 e. The highest BCUT2D eigenvalue weighted by molar-refractivity contribution is 7.98. The molecule has 0 aliphatic carbocycles. The second-order valence-corrected chi connectivity index (χ2v) is 9.97. The van der Waals surface area contributed by atoms with Gasteiger partial charge in [-0.15, -0.1) is 11.8 Å². The molecule has 0 radical (unpaired) electrons. The van der Waals surface area contributed by atoms with Crippen LogP contribution in [-0.2, 0) is 9.53 Å². The summed E-state index contributed by atoms with van der Waals surface area (Å²) < 4.78 is 7.35. The highest BCUT2D eigenvalue weighted by atomic mass is 35.5. The zero-order valence-corrected chi connectivity index (χ0v) is 21.2. The topological polar surface area (TPSA) is 60.7 Å². The first-order valence-electron chi connectivity index (χ1n) is 10.1. The van der Waals surface area contributed by atoms with Crippen molar-refractivity contribution in [1.82, 2.24) is 4.57 Å². The van der Waals surface area contributed by atoms with Gasteiger partial charge in [0.25, 0.3) is 5.56 Å². The van der Waals surface area contributed by atoms with Gasteiger partial charge in [-0.1, -0.05) is 52.7 Å². The maximum atomic E-state index is 13.6. The number of carbonyl (C=O) groups excluding carboxylic acids is 1. The minimum Gasteiger partial charge on any atom is -0.463 e. The molecule has 1 aromatic heterocycles. The van der Waals surface area contributed by atoms with E-state index in [1.807, 2.05) is 30.5 Å². The van der Waals surface area contributed by atoms with Crippen LogP contribution in [0.2, 0.25) is 10.0 Å². The van der Waals surface area contributed by atoms with E-state index in [1.165, 1.54) is 11.3 Å². The Bertz CT molecular complexity index is 1440. The van der Waals surface area contributed by atoms with Crippen LogP contribution in [0, 0.1) is 0 Å². The lowest BCUT2D eigenvalue weighted by atomic mass is 9.96. The number of aromatic nitrogens is 1. The van der Waals surface area contributed by atoms with Gasteiger partial charge in [0.2, 0.25) is 0 Å². The molecule has 1 aliphatic heterocycles. The molecule has 1 aliphatic rings. The molecular weight excluding hydrogens is 499 g/mol. The minimum absolute atomic E-state index is 0.229. The fourth-order valence-corrected chi connectivity index (χ4v) is 5.56. The lowest BCUT2D eigenvalue weighted by molar-refractivity contribution is -0.139. The molecule has 0 amide bonds. The summed E-state index contributed by atoms with van der Waals surface area (Å²) in [6, 6.07) is 12.3. The molecule has 0 N–H and O–H groups in total. The number of thiazole rings is 1. The van der Waals surface area contributed by atoms with Gasteiger partial charge in [0.1, 0.15) is 0 Å². The standard InChI is InChI=1S/C24H20Cl2N2O3S2/c1-4-31-23(30)20-13(2)27-24-28(21(20)14-6-9-17(32-3)10-7-14)22(29)19(33-24)11-15-5-8-16(25)12-18(15)26/h5-12,21H,4H2,1-3H3/b19-11-. The van der Waals surface area contributed by atoms with E-state index < -0.39 is 12.0 Å². The molecule has 5 nitrogen and oxygen atoms in total. The number of benzene rings is 2. The molecule has 1 unspecified atom stereocenters. The molecule has 170 valence electrons. The molecule has 33 heavy (non-hydrogen) atoms. The fraction of sp³-hybridized carbons (Fsp3) is 0.208. The predicted molar refractivity (Wildman–Crippen MR) is 135 cm³/mol. The Morgan fingerprint density at radius 3 is 2.61 bits per heavy atom. The maximum absolute atomic E-state index is 13.6. The smallest absolute Gasteiger partial charge is 0.338 e. The Labute approximate surface area is 209 Å². The summed E-state index contributed by atoms with van der Waals surface area (Å²) in [6.07, 6.45) is 3.72. The Morgan fingerprint density at radius 1 is 1.24 bits per heavy atom. The zero-order chi connectivity index (χ0) is 23.7. The minimum atomic E-state index is -0.640. The second kappa shape index (κ2) is 9.89. The molecular formula is C24H20Cl2N2O3S2. The van der Waals surface area contributed by atoms with Crippen LogP contribution in [0.15, 0.2) is 68.4 Å². The summed E-state index contributed by atoms with van der Waals surface area (Å²) in [4.78, 5) is 32.7. The van der Waals surface area contributed by atoms with Gasteiger partial charge >= 0.3 is 5.97 Å². The van der Waals surface area contributed by atoms with Gasteiger partial charge in [-0.05, 0) is 61.6 Å². The van der Waals surface area contributed by atoms with Crippen LogP contribution in [-0.4, -0.2) is 23.4 Å². The van der Waals surface area contributed by atoms with Gasteiger partial charge in [-0.3, -0.25) is 9.36 Å². The molecule has 2 aromatic carbocycles. The number of halogens is 2. The lowest BCUT2D eigenvalue weighted by Gasteiger charge is -2.24. The van der Waals surface area contributed by atoms with Crippen molar-refractivity contribution < 1.29 is 9.53 Å². The highest BCUT2D eigenvalue weighted by Crippen LogP contribution is 2.31. The third-order valence-corrected chi connectivity index (χ3v) is 7.49. The molecule has 4 rings (SSSR count). The SMILES string of the molecule is CCOC(=O)C1=C(C)N=c2s/c(=C\c3ccc(Cl)cc3Cl)c(=O)n2C1c1ccc(SC)cc1. The molecule has 0 spiro atoms.